The van der Waals surface area contributed by atoms with Gasteiger partial charge in [-0.1, -0.05) is 44.2 Å². The fourth-order valence-corrected chi connectivity index (χ4v) is 2.41. The Hall–Kier alpha value is -0.290. The number of carbonyl (C=O) groups excluding carboxylic acids is 1. The van der Waals surface area contributed by atoms with Crippen LogP contribution in [0.4, 0.5) is 0 Å². The van der Waals surface area contributed by atoms with Crippen LogP contribution in [0.2, 0.25) is 5.02 Å². The molecule has 0 heterocycles. The zero-order valence-corrected chi connectivity index (χ0v) is 14.4. The van der Waals surface area contributed by atoms with Gasteiger partial charge in [-0.2, -0.15) is 0 Å². The molecule has 1 aromatic carbocycles. The minimum atomic E-state index is -0.0405. The molecule has 1 aromatic rings. The van der Waals surface area contributed by atoms with E-state index in [1.165, 1.54) is 25.7 Å². The molecule has 0 spiro atoms. The number of amides is 1. The molecule has 0 aliphatic rings. The molecular formula is C15H21ClINO. The van der Waals surface area contributed by atoms with Crippen molar-refractivity contribution in [3.63, 3.8) is 0 Å². The summed E-state index contributed by atoms with van der Waals surface area (Å²) in [7, 11) is 0. The monoisotopic (exact) mass is 393 g/mol. The topological polar surface area (TPSA) is 29.1 Å². The number of hydrogen-bond acceptors (Lipinski definition) is 1. The Morgan fingerprint density at radius 3 is 2.74 bits per heavy atom. The van der Waals surface area contributed by atoms with Crippen molar-refractivity contribution in [2.24, 2.45) is 0 Å². The summed E-state index contributed by atoms with van der Waals surface area (Å²) in [6, 6.07) is 5.61. The second-order valence-corrected chi connectivity index (χ2v) is 6.42. The molecule has 4 heteroatoms. The van der Waals surface area contributed by atoms with E-state index in [0.717, 1.165) is 9.99 Å². The van der Waals surface area contributed by atoms with Crippen molar-refractivity contribution in [3.8, 4) is 0 Å². The molecule has 1 rings (SSSR count). The fourth-order valence-electron chi connectivity index (χ4n) is 1.89. The van der Waals surface area contributed by atoms with E-state index < -0.39 is 0 Å². The molecule has 1 N–H and O–H groups in total. The van der Waals surface area contributed by atoms with Crippen LogP contribution in [0.25, 0.3) is 0 Å². The lowest BCUT2D eigenvalue weighted by Gasteiger charge is -2.14. The van der Waals surface area contributed by atoms with E-state index in [1.807, 2.05) is 12.1 Å². The average molecular weight is 394 g/mol. The molecule has 0 aromatic heterocycles. The molecule has 1 atom stereocenters. The SMILES string of the molecule is CCCCCCC(C)NC(=O)c1ccc(I)c(Cl)c1. The first-order valence-corrected chi connectivity index (χ1v) is 8.26. The van der Waals surface area contributed by atoms with Crippen LogP contribution in [0.5, 0.6) is 0 Å². The summed E-state index contributed by atoms with van der Waals surface area (Å²) in [6.45, 7) is 4.25. The van der Waals surface area contributed by atoms with Crippen LogP contribution in [-0.2, 0) is 0 Å². The van der Waals surface area contributed by atoms with Crippen molar-refractivity contribution in [2.75, 3.05) is 0 Å². The first-order valence-electron chi connectivity index (χ1n) is 6.80. The predicted molar refractivity (Wildman–Crippen MR) is 89.9 cm³/mol. The van der Waals surface area contributed by atoms with Crippen molar-refractivity contribution in [1.29, 1.82) is 0 Å². The molecule has 0 aliphatic carbocycles. The molecule has 2 nitrogen and oxygen atoms in total. The van der Waals surface area contributed by atoms with Gasteiger partial charge in [0.05, 0.1) is 5.02 Å². The van der Waals surface area contributed by atoms with Crippen LogP contribution in [0, 0.1) is 3.57 Å². The summed E-state index contributed by atoms with van der Waals surface area (Å²) in [5.41, 5.74) is 0.630. The Morgan fingerprint density at radius 2 is 2.11 bits per heavy atom. The van der Waals surface area contributed by atoms with Gasteiger partial charge in [0, 0.05) is 15.2 Å². The lowest BCUT2D eigenvalue weighted by Crippen LogP contribution is -2.32. The van der Waals surface area contributed by atoms with Crippen molar-refractivity contribution in [1.82, 2.24) is 5.32 Å². The first kappa shape index (κ1) is 16.8. The highest BCUT2D eigenvalue weighted by atomic mass is 127. The van der Waals surface area contributed by atoms with Gasteiger partial charge in [-0.05, 0) is 54.1 Å². The van der Waals surface area contributed by atoms with E-state index in [2.05, 4.69) is 41.8 Å². The largest absolute Gasteiger partial charge is 0.350 e. The highest BCUT2D eigenvalue weighted by molar-refractivity contribution is 14.1. The Balaban J connectivity index is 2.43. The molecule has 0 fully saturated rings. The van der Waals surface area contributed by atoms with Gasteiger partial charge >= 0.3 is 0 Å². The number of nitrogens with one attached hydrogen (secondary N) is 1. The average Bonchev–Trinajstić information content (AvgIpc) is 2.38. The van der Waals surface area contributed by atoms with E-state index in [9.17, 15) is 4.79 Å². The third-order valence-electron chi connectivity index (χ3n) is 3.05. The van der Waals surface area contributed by atoms with E-state index >= 15 is 0 Å². The van der Waals surface area contributed by atoms with Gasteiger partial charge in [0.25, 0.3) is 5.91 Å². The minimum Gasteiger partial charge on any atom is -0.350 e. The van der Waals surface area contributed by atoms with Crippen LogP contribution < -0.4 is 5.32 Å². The van der Waals surface area contributed by atoms with Gasteiger partial charge in [-0.25, -0.2) is 0 Å². The predicted octanol–water partition coefficient (Wildman–Crippen LogP) is 5.03. The molecule has 106 valence electrons. The smallest absolute Gasteiger partial charge is 0.251 e. The summed E-state index contributed by atoms with van der Waals surface area (Å²) < 4.78 is 0.962. The number of carbonyl (C=O) groups is 1. The third-order valence-corrected chi connectivity index (χ3v) is 4.62. The maximum Gasteiger partial charge on any atom is 0.251 e. The fraction of sp³-hybridized carbons (Fsp3) is 0.533. The number of rotatable bonds is 7. The molecule has 1 amide bonds. The first-order chi connectivity index (χ1) is 9.04. The Morgan fingerprint density at radius 1 is 1.37 bits per heavy atom. The van der Waals surface area contributed by atoms with Crippen molar-refractivity contribution < 1.29 is 4.79 Å². The van der Waals surface area contributed by atoms with Gasteiger partial charge in [-0.3, -0.25) is 4.79 Å². The normalized spacial score (nSPS) is 12.2. The van der Waals surface area contributed by atoms with Crippen LogP contribution in [0.1, 0.15) is 56.3 Å². The van der Waals surface area contributed by atoms with E-state index in [0.29, 0.717) is 10.6 Å². The molecule has 0 saturated carbocycles. The second-order valence-electron chi connectivity index (χ2n) is 4.85. The quantitative estimate of drug-likeness (QED) is 0.511. The summed E-state index contributed by atoms with van der Waals surface area (Å²) in [4.78, 5) is 12.0. The Kier molecular flexibility index (Phi) is 7.76. The molecule has 0 saturated heterocycles. The lowest BCUT2D eigenvalue weighted by molar-refractivity contribution is 0.0938. The van der Waals surface area contributed by atoms with Crippen molar-refractivity contribution >= 4 is 40.1 Å². The van der Waals surface area contributed by atoms with Crippen LogP contribution in [-0.4, -0.2) is 11.9 Å². The molecule has 0 bridgehead atoms. The summed E-state index contributed by atoms with van der Waals surface area (Å²) in [6.07, 6.45) is 5.95. The standard InChI is InChI=1S/C15H21ClINO/c1-3-4-5-6-7-11(2)18-15(19)12-8-9-14(17)13(16)10-12/h8-11H,3-7H2,1-2H3,(H,18,19). The van der Waals surface area contributed by atoms with Gasteiger partial charge in [0.15, 0.2) is 0 Å². The molecule has 0 radical (unpaired) electrons. The summed E-state index contributed by atoms with van der Waals surface area (Å²) in [5, 5.41) is 3.65. The highest BCUT2D eigenvalue weighted by Gasteiger charge is 2.10. The van der Waals surface area contributed by atoms with Gasteiger partial charge in [0.1, 0.15) is 0 Å². The Labute approximate surface area is 134 Å². The summed E-state index contributed by atoms with van der Waals surface area (Å²) in [5.74, 6) is -0.0405. The zero-order valence-electron chi connectivity index (χ0n) is 11.5. The van der Waals surface area contributed by atoms with Gasteiger partial charge in [-0.15, -0.1) is 0 Å². The lowest BCUT2D eigenvalue weighted by atomic mass is 10.1. The van der Waals surface area contributed by atoms with Gasteiger partial charge < -0.3 is 5.32 Å². The number of hydrogen-bond donors (Lipinski definition) is 1. The molecule has 0 aliphatic heterocycles. The third kappa shape index (κ3) is 6.13. The van der Waals surface area contributed by atoms with Crippen LogP contribution >= 0.6 is 34.2 Å². The Bertz CT molecular complexity index is 423. The van der Waals surface area contributed by atoms with Crippen molar-refractivity contribution in [2.45, 2.75) is 52.0 Å². The second kappa shape index (κ2) is 8.80. The van der Waals surface area contributed by atoms with E-state index in [1.54, 1.807) is 6.07 Å². The zero-order chi connectivity index (χ0) is 14.3. The maximum absolute atomic E-state index is 12.0. The van der Waals surface area contributed by atoms with Crippen LogP contribution in [0.3, 0.4) is 0 Å². The number of benzene rings is 1. The number of halogens is 2. The molecule has 1 unspecified atom stereocenters. The maximum atomic E-state index is 12.0. The minimum absolute atomic E-state index is 0.0405. The highest BCUT2D eigenvalue weighted by Crippen LogP contribution is 2.19. The van der Waals surface area contributed by atoms with Crippen LogP contribution in [0.15, 0.2) is 18.2 Å². The molecule has 19 heavy (non-hydrogen) atoms. The van der Waals surface area contributed by atoms with E-state index in [4.69, 9.17) is 11.6 Å². The number of unbranched alkanes of at least 4 members (excludes halogenated alkanes) is 3. The van der Waals surface area contributed by atoms with Crippen molar-refractivity contribution in [3.05, 3.63) is 32.4 Å². The van der Waals surface area contributed by atoms with Gasteiger partial charge in [0.2, 0.25) is 0 Å². The molecular weight excluding hydrogens is 373 g/mol. The van der Waals surface area contributed by atoms with E-state index in [-0.39, 0.29) is 11.9 Å². The summed E-state index contributed by atoms with van der Waals surface area (Å²) >= 11 is 8.18.